The van der Waals surface area contributed by atoms with Crippen molar-refractivity contribution >= 4 is 28.8 Å². The van der Waals surface area contributed by atoms with Crippen molar-refractivity contribution in [3.05, 3.63) is 65.0 Å². The number of carbonyl (C=O) groups is 1. The first kappa shape index (κ1) is 21.9. The van der Waals surface area contributed by atoms with Gasteiger partial charge < -0.3 is 21.5 Å². The molecule has 5 N–H and O–H groups in total. The normalized spacial score (nSPS) is 11.1. The molecule has 4 rings (SSSR count). The fourth-order valence-corrected chi connectivity index (χ4v) is 3.40. The van der Waals surface area contributed by atoms with E-state index in [1.807, 2.05) is 0 Å². The van der Waals surface area contributed by atoms with Crippen molar-refractivity contribution < 1.29 is 18.7 Å². The average Bonchev–Trinajstić information content (AvgIpc) is 3.12. The van der Waals surface area contributed by atoms with Crippen molar-refractivity contribution in [2.45, 2.75) is 19.9 Å². The van der Waals surface area contributed by atoms with Gasteiger partial charge in [-0.3, -0.25) is 0 Å². The summed E-state index contributed by atoms with van der Waals surface area (Å²) in [5.74, 6) is -1.15. The van der Waals surface area contributed by atoms with Crippen LogP contribution in [0.25, 0.3) is 17.0 Å². The maximum absolute atomic E-state index is 14.2. The first-order valence-electron chi connectivity index (χ1n) is 9.95. The fraction of sp³-hybridized carbons (Fsp3) is 0.190. The Morgan fingerprint density at radius 1 is 1.18 bits per heavy atom. The number of halogens is 2. The second kappa shape index (κ2) is 8.65. The molecule has 33 heavy (non-hydrogen) atoms. The van der Waals surface area contributed by atoms with Crippen LogP contribution in [0.15, 0.2) is 36.5 Å². The summed E-state index contributed by atoms with van der Waals surface area (Å²) < 4.78 is 29.4. The molecule has 1 amide bonds. The van der Waals surface area contributed by atoms with E-state index in [9.17, 15) is 18.7 Å². The number of hydrogen-bond donors (Lipinski definition) is 3. The molecule has 0 spiro atoms. The lowest BCUT2D eigenvalue weighted by Crippen LogP contribution is -2.29. The van der Waals surface area contributed by atoms with Gasteiger partial charge in [-0.15, -0.1) is 0 Å². The van der Waals surface area contributed by atoms with E-state index in [0.717, 1.165) is 11.1 Å². The standard InChI is InChI=1S/C21H20F2N8O2/c1-2-30(21(32)33)10-13-18(24)27-20(28-19(13)25)31-16-8-12(22)9-26-17(16)15(29-31)7-11-5-3-4-6-14(11)23/h3-6,8-9H,2,7,10H2,1H3,(H,32,33)(H4,24,25,27,28). The summed E-state index contributed by atoms with van der Waals surface area (Å²) in [6.45, 7) is 1.78. The number of pyridine rings is 1. The van der Waals surface area contributed by atoms with Crippen LogP contribution in [0.3, 0.4) is 0 Å². The number of benzene rings is 1. The van der Waals surface area contributed by atoms with Gasteiger partial charge in [0.25, 0.3) is 5.95 Å². The van der Waals surface area contributed by atoms with E-state index in [4.69, 9.17) is 11.5 Å². The molecule has 0 aliphatic heterocycles. The van der Waals surface area contributed by atoms with Gasteiger partial charge in [-0.25, -0.2) is 18.6 Å². The molecule has 3 heterocycles. The SMILES string of the molecule is CCN(Cc1c(N)nc(-n2nc(Cc3ccccc3F)c3ncc(F)cc32)nc1N)C(=O)O. The summed E-state index contributed by atoms with van der Waals surface area (Å²) in [5, 5.41) is 13.7. The Kier molecular flexibility index (Phi) is 5.73. The molecule has 0 aliphatic rings. The van der Waals surface area contributed by atoms with E-state index in [1.165, 1.54) is 16.8 Å². The highest BCUT2D eigenvalue weighted by Gasteiger charge is 2.21. The number of nitrogens with two attached hydrogens (primary N) is 2. The van der Waals surface area contributed by atoms with Gasteiger partial charge in [0.1, 0.15) is 28.8 Å². The maximum Gasteiger partial charge on any atom is 0.407 e. The van der Waals surface area contributed by atoms with Gasteiger partial charge in [0.15, 0.2) is 0 Å². The van der Waals surface area contributed by atoms with E-state index in [-0.39, 0.29) is 48.2 Å². The minimum absolute atomic E-state index is 0.0409. The van der Waals surface area contributed by atoms with Crippen LogP contribution in [0.5, 0.6) is 0 Å². The Morgan fingerprint density at radius 3 is 2.52 bits per heavy atom. The van der Waals surface area contributed by atoms with E-state index in [2.05, 4.69) is 20.1 Å². The Bertz CT molecular complexity index is 1330. The molecule has 1 aromatic carbocycles. The molecule has 0 unspecified atom stereocenters. The number of amides is 1. The van der Waals surface area contributed by atoms with Crippen molar-refractivity contribution in [2.75, 3.05) is 18.0 Å². The second-order valence-corrected chi connectivity index (χ2v) is 7.22. The molecule has 0 bridgehead atoms. The largest absolute Gasteiger partial charge is 0.465 e. The summed E-state index contributed by atoms with van der Waals surface area (Å²) in [6, 6.07) is 7.43. The number of nitrogens with zero attached hydrogens (tertiary/aromatic N) is 6. The van der Waals surface area contributed by atoms with Crippen LogP contribution in [0.2, 0.25) is 0 Å². The Morgan fingerprint density at radius 2 is 1.88 bits per heavy atom. The van der Waals surface area contributed by atoms with Gasteiger partial charge in [0.05, 0.1) is 29.5 Å². The molecule has 4 aromatic rings. The van der Waals surface area contributed by atoms with Crippen LogP contribution in [0, 0.1) is 11.6 Å². The summed E-state index contributed by atoms with van der Waals surface area (Å²) in [6.07, 6.45) is -0.00300. The lowest BCUT2D eigenvalue weighted by molar-refractivity contribution is 0.145. The number of rotatable bonds is 6. The fourth-order valence-electron chi connectivity index (χ4n) is 3.40. The molecule has 0 saturated heterocycles. The lowest BCUT2D eigenvalue weighted by Gasteiger charge is -2.18. The van der Waals surface area contributed by atoms with Gasteiger partial charge in [0.2, 0.25) is 0 Å². The molecule has 3 aromatic heterocycles. The van der Waals surface area contributed by atoms with E-state index in [0.29, 0.717) is 16.8 Å². The maximum atomic E-state index is 14.2. The number of nitrogen functional groups attached to an aromatic ring is 2. The van der Waals surface area contributed by atoms with Crippen molar-refractivity contribution in [3.63, 3.8) is 0 Å². The van der Waals surface area contributed by atoms with Crippen LogP contribution < -0.4 is 11.5 Å². The predicted octanol–water partition coefficient (Wildman–Crippen LogP) is 2.74. The van der Waals surface area contributed by atoms with Gasteiger partial charge in [0, 0.05) is 19.0 Å². The van der Waals surface area contributed by atoms with Gasteiger partial charge in [-0.2, -0.15) is 19.7 Å². The van der Waals surface area contributed by atoms with Gasteiger partial charge in [-0.1, -0.05) is 18.2 Å². The minimum Gasteiger partial charge on any atom is -0.465 e. The highest BCUT2D eigenvalue weighted by molar-refractivity contribution is 5.79. The molecule has 0 atom stereocenters. The summed E-state index contributed by atoms with van der Waals surface area (Å²) in [7, 11) is 0. The van der Waals surface area contributed by atoms with Gasteiger partial charge >= 0.3 is 6.09 Å². The van der Waals surface area contributed by atoms with Crippen LogP contribution in [-0.4, -0.2) is 47.4 Å². The number of fused-ring (bicyclic) bond motifs is 1. The van der Waals surface area contributed by atoms with Crippen LogP contribution in [-0.2, 0) is 13.0 Å². The molecule has 10 nitrogen and oxygen atoms in total. The minimum atomic E-state index is -1.14. The number of aromatic nitrogens is 5. The van der Waals surface area contributed by atoms with Crippen molar-refractivity contribution in [2.24, 2.45) is 0 Å². The van der Waals surface area contributed by atoms with E-state index >= 15 is 0 Å². The van der Waals surface area contributed by atoms with Gasteiger partial charge in [-0.05, 0) is 18.6 Å². The second-order valence-electron chi connectivity index (χ2n) is 7.22. The Hall–Kier alpha value is -4.35. The third-order valence-electron chi connectivity index (χ3n) is 5.12. The van der Waals surface area contributed by atoms with Crippen molar-refractivity contribution in [1.29, 1.82) is 0 Å². The quantitative estimate of drug-likeness (QED) is 0.403. The molecule has 170 valence electrons. The molecule has 12 heteroatoms. The highest BCUT2D eigenvalue weighted by atomic mass is 19.1. The monoisotopic (exact) mass is 454 g/mol. The first-order valence-corrected chi connectivity index (χ1v) is 9.95. The predicted molar refractivity (Wildman–Crippen MR) is 117 cm³/mol. The molecule has 0 radical (unpaired) electrons. The van der Waals surface area contributed by atoms with Crippen molar-refractivity contribution in [1.82, 2.24) is 29.6 Å². The zero-order valence-corrected chi connectivity index (χ0v) is 17.5. The average molecular weight is 454 g/mol. The third kappa shape index (κ3) is 4.22. The zero-order valence-electron chi connectivity index (χ0n) is 17.5. The van der Waals surface area contributed by atoms with Crippen LogP contribution in [0.1, 0.15) is 23.7 Å². The summed E-state index contributed by atoms with van der Waals surface area (Å²) in [4.78, 5) is 25.0. The van der Waals surface area contributed by atoms with E-state index in [1.54, 1.807) is 25.1 Å². The Labute approximate surface area is 186 Å². The van der Waals surface area contributed by atoms with Crippen LogP contribution in [0.4, 0.5) is 25.2 Å². The lowest BCUT2D eigenvalue weighted by atomic mass is 10.1. The highest BCUT2D eigenvalue weighted by Crippen LogP contribution is 2.25. The summed E-state index contributed by atoms with van der Waals surface area (Å²) >= 11 is 0. The molecule has 0 saturated carbocycles. The number of hydrogen-bond acceptors (Lipinski definition) is 7. The van der Waals surface area contributed by atoms with Crippen LogP contribution >= 0.6 is 0 Å². The third-order valence-corrected chi connectivity index (χ3v) is 5.12. The Balaban J connectivity index is 1.80. The number of carboxylic acid groups (broad SMARTS) is 1. The molecule has 0 aliphatic carbocycles. The molecule has 0 fully saturated rings. The molecular formula is C21H20F2N8O2. The smallest absolute Gasteiger partial charge is 0.407 e. The molecular weight excluding hydrogens is 434 g/mol. The van der Waals surface area contributed by atoms with Crippen molar-refractivity contribution in [3.8, 4) is 5.95 Å². The topological polar surface area (TPSA) is 149 Å². The zero-order chi connectivity index (χ0) is 23.7. The summed E-state index contributed by atoms with van der Waals surface area (Å²) in [5.41, 5.74) is 13.7. The number of anilines is 2. The van der Waals surface area contributed by atoms with E-state index < -0.39 is 17.7 Å². The first-order chi connectivity index (χ1) is 15.8.